The van der Waals surface area contributed by atoms with Gasteiger partial charge in [-0.25, -0.2) is 13.2 Å². The maximum Gasteiger partial charge on any atom is 0.306 e. The van der Waals surface area contributed by atoms with Crippen molar-refractivity contribution in [3.63, 3.8) is 0 Å². The van der Waals surface area contributed by atoms with Crippen molar-refractivity contribution in [1.29, 1.82) is 0 Å². The molecular weight excluding hydrogens is 479 g/mol. The van der Waals surface area contributed by atoms with Crippen molar-refractivity contribution in [2.75, 3.05) is 0 Å². The minimum Gasteiger partial charge on any atom is -0.343 e. The SMILES string of the molecule is C/C(F)=C(\F)c1ccc2c(c1)c(=O)c1cc3c(cc1n2C)c(=O)c1cc(C(F)=C(F)F)ccc1n3C. The molecule has 2 aromatic heterocycles. The molecule has 0 bridgehead atoms. The number of benzene rings is 3. The first kappa shape index (κ1) is 23.5. The van der Waals surface area contributed by atoms with Gasteiger partial charge in [0, 0.05) is 46.8 Å². The third-order valence-electron chi connectivity index (χ3n) is 6.51. The Morgan fingerprint density at radius 1 is 0.583 bits per heavy atom. The van der Waals surface area contributed by atoms with Crippen molar-refractivity contribution in [3.8, 4) is 0 Å². The molecule has 2 heterocycles. The Morgan fingerprint density at radius 3 is 1.36 bits per heavy atom. The zero-order valence-electron chi connectivity index (χ0n) is 19.2. The van der Waals surface area contributed by atoms with Gasteiger partial charge in [0.2, 0.25) is 0 Å². The van der Waals surface area contributed by atoms with Gasteiger partial charge in [-0.3, -0.25) is 9.59 Å². The highest BCUT2D eigenvalue weighted by Gasteiger charge is 2.17. The van der Waals surface area contributed by atoms with E-state index in [1.807, 2.05) is 0 Å². The first-order chi connectivity index (χ1) is 17.0. The summed E-state index contributed by atoms with van der Waals surface area (Å²) in [6.07, 6.45) is -2.49. The van der Waals surface area contributed by atoms with Gasteiger partial charge in [0.25, 0.3) is 0 Å². The van der Waals surface area contributed by atoms with Crippen LogP contribution < -0.4 is 10.9 Å². The summed E-state index contributed by atoms with van der Waals surface area (Å²) < 4.78 is 70.3. The Morgan fingerprint density at radius 2 is 0.972 bits per heavy atom. The van der Waals surface area contributed by atoms with Crippen molar-refractivity contribution < 1.29 is 22.0 Å². The zero-order valence-corrected chi connectivity index (χ0v) is 19.2. The number of nitrogens with zero attached hydrogens (tertiary/aromatic N) is 2. The monoisotopic (exact) mass is 496 g/mol. The number of halogens is 5. The highest BCUT2D eigenvalue weighted by Crippen LogP contribution is 2.29. The van der Waals surface area contributed by atoms with Crippen molar-refractivity contribution in [3.05, 3.63) is 92.0 Å². The van der Waals surface area contributed by atoms with E-state index in [1.165, 1.54) is 36.4 Å². The fraction of sp³-hybridized carbons (Fsp3) is 0.111. The summed E-state index contributed by atoms with van der Waals surface area (Å²) in [5, 5.41) is 0.657. The smallest absolute Gasteiger partial charge is 0.306 e. The molecule has 0 aliphatic heterocycles. The summed E-state index contributed by atoms with van der Waals surface area (Å²) in [5.41, 5.74) is 0.150. The van der Waals surface area contributed by atoms with Crippen LogP contribution in [-0.2, 0) is 14.1 Å². The molecule has 0 fully saturated rings. The second-order valence-corrected chi connectivity index (χ2v) is 8.55. The summed E-state index contributed by atoms with van der Waals surface area (Å²) in [6, 6.07) is 10.8. The average Bonchev–Trinajstić information content (AvgIpc) is 2.87. The first-order valence-electron chi connectivity index (χ1n) is 10.8. The second kappa shape index (κ2) is 8.15. The van der Waals surface area contributed by atoms with Gasteiger partial charge >= 0.3 is 6.08 Å². The molecule has 0 spiro atoms. The Labute approximate surface area is 199 Å². The fourth-order valence-corrected chi connectivity index (χ4v) is 4.65. The molecule has 182 valence electrons. The van der Waals surface area contributed by atoms with Crippen LogP contribution in [0.2, 0.25) is 0 Å². The van der Waals surface area contributed by atoms with Crippen LogP contribution in [-0.4, -0.2) is 9.13 Å². The molecule has 0 saturated carbocycles. The molecule has 0 aliphatic rings. The predicted octanol–water partition coefficient (Wildman–Crippen LogP) is 6.86. The predicted molar refractivity (Wildman–Crippen MR) is 132 cm³/mol. The van der Waals surface area contributed by atoms with Gasteiger partial charge in [-0.1, -0.05) is 0 Å². The Hall–Kier alpha value is -4.27. The number of fused-ring (bicyclic) bond motifs is 4. The lowest BCUT2D eigenvalue weighted by molar-refractivity contribution is 0.410. The van der Waals surface area contributed by atoms with Crippen LogP contribution in [0.1, 0.15) is 18.1 Å². The molecule has 36 heavy (non-hydrogen) atoms. The van der Waals surface area contributed by atoms with Crippen LogP contribution in [0.3, 0.4) is 0 Å². The van der Waals surface area contributed by atoms with Gasteiger partial charge in [-0.05, 0) is 55.5 Å². The lowest BCUT2D eigenvalue weighted by atomic mass is 10.0. The number of rotatable bonds is 2. The summed E-state index contributed by atoms with van der Waals surface area (Å²) in [7, 11) is 3.29. The van der Waals surface area contributed by atoms with Gasteiger partial charge in [-0.2, -0.15) is 8.78 Å². The van der Waals surface area contributed by atoms with Crippen molar-refractivity contribution in [2.45, 2.75) is 6.92 Å². The number of allylic oxidation sites excluding steroid dienone is 1. The van der Waals surface area contributed by atoms with E-state index in [2.05, 4.69) is 0 Å². The quantitative estimate of drug-likeness (QED) is 0.198. The molecule has 0 N–H and O–H groups in total. The van der Waals surface area contributed by atoms with Crippen LogP contribution in [0, 0.1) is 0 Å². The van der Waals surface area contributed by atoms with E-state index >= 15 is 0 Å². The minimum absolute atomic E-state index is 0.0394. The molecule has 0 unspecified atom stereocenters. The summed E-state index contributed by atoms with van der Waals surface area (Å²) >= 11 is 0. The van der Waals surface area contributed by atoms with E-state index in [9.17, 15) is 31.5 Å². The molecule has 4 nitrogen and oxygen atoms in total. The standard InChI is InChI=1S/C27H17F5N2O2/c1-12(28)23(29)13-4-6-19-15(8-13)25(35)17-10-22-18(11-21(17)33(19)2)26(36)16-9-14(24(30)27(31)32)5-7-20(16)34(22)3/h4-11H,1-3H3/b23-12+. The minimum atomic E-state index is -2.49. The second-order valence-electron chi connectivity index (χ2n) is 8.55. The van der Waals surface area contributed by atoms with Crippen LogP contribution in [0.15, 0.2) is 70.0 Å². The number of aryl methyl sites for hydroxylation is 2. The van der Waals surface area contributed by atoms with Crippen LogP contribution in [0.4, 0.5) is 22.0 Å². The number of hydrogen-bond donors (Lipinski definition) is 0. The summed E-state index contributed by atoms with van der Waals surface area (Å²) in [5.74, 6) is -3.78. The van der Waals surface area contributed by atoms with E-state index in [0.29, 0.717) is 22.1 Å². The van der Waals surface area contributed by atoms with E-state index in [0.717, 1.165) is 19.1 Å². The molecular formula is C27H17F5N2O2. The van der Waals surface area contributed by atoms with Crippen molar-refractivity contribution >= 4 is 55.3 Å². The van der Waals surface area contributed by atoms with Crippen LogP contribution >= 0.6 is 0 Å². The molecule has 0 radical (unpaired) electrons. The third kappa shape index (κ3) is 3.34. The van der Waals surface area contributed by atoms with Gasteiger partial charge < -0.3 is 9.13 Å². The number of aromatic nitrogens is 2. The molecule has 0 amide bonds. The molecule has 0 saturated heterocycles. The van der Waals surface area contributed by atoms with Crippen LogP contribution in [0.25, 0.3) is 55.3 Å². The average molecular weight is 496 g/mol. The highest BCUT2D eigenvalue weighted by atomic mass is 19.3. The highest BCUT2D eigenvalue weighted by molar-refractivity contribution is 6.04. The summed E-state index contributed by atoms with van der Waals surface area (Å²) in [6.45, 7) is 0.983. The maximum absolute atomic E-state index is 14.2. The normalized spacial score (nSPS) is 12.6. The molecule has 3 aromatic carbocycles. The topological polar surface area (TPSA) is 44.0 Å². The van der Waals surface area contributed by atoms with E-state index in [1.54, 1.807) is 23.2 Å². The maximum atomic E-state index is 14.2. The first-order valence-corrected chi connectivity index (χ1v) is 10.8. The summed E-state index contributed by atoms with van der Waals surface area (Å²) in [4.78, 5) is 26.8. The van der Waals surface area contributed by atoms with Gasteiger partial charge in [0.15, 0.2) is 22.5 Å². The molecule has 9 heteroatoms. The largest absolute Gasteiger partial charge is 0.343 e. The molecule has 5 aromatic rings. The van der Waals surface area contributed by atoms with Crippen molar-refractivity contribution in [1.82, 2.24) is 9.13 Å². The Bertz CT molecular complexity index is 1810. The van der Waals surface area contributed by atoms with Gasteiger partial charge in [-0.15, -0.1) is 0 Å². The fourth-order valence-electron chi connectivity index (χ4n) is 4.65. The van der Waals surface area contributed by atoms with Gasteiger partial charge in [0.05, 0.1) is 22.1 Å². The zero-order chi connectivity index (χ0) is 26.0. The Kier molecular flexibility index (Phi) is 5.31. The molecule has 5 rings (SSSR count). The number of pyridine rings is 2. The number of hydrogen-bond acceptors (Lipinski definition) is 2. The van der Waals surface area contributed by atoms with Gasteiger partial charge in [0.1, 0.15) is 5.83 Å². The van der Waals surface area contributed by atoms with Crippen molar-refractivity contribution in [2.24, 2.45) is 14.1 Å². The Balaban J connectivity index is 1.91. The molecule has 0 aliphatic carbocycles. The van der Waals surface area contributed by atoms with E-state index in [-0.39, 0.29) is 27.1 Å². The van der Waals surface area contributed by atoms with Crippen LogP contribution in [0.5, 0.6) is 0 Å². The lowest BCUT2D eigenvalue weighted by Gasteiger charge is -2.15. The lowest BCUT2D eigenvalue weighted by Crippen LogP contribution is -2.13. The van der Waals surface area contributed by atoms with E-state index in [4.69, 9.17) is 0 Å². The third-order valence-corrected chi connectivity index (χ3v) is 6.51. The molecule has 0 atom stereocenters. The van der Waals surface area contributed by atoms with E-state index < -0.39 is 40.0 Å².